The number of hydrogen-bond donors (Lipinski definition) is 2. The molecule has 0 amide bonds. The maximum absolute atomic E-state index is 11.3. The summed E-state index contributed by atoms with van der Waals surface area (Å²) in [7, 11) is 1.49. The van der Waals surface area contributed by atoms with Gasteiger partial charge in [-0.05, 0) is 31.2 Å². The molecule has 0 spiro atoms. The van der Waals surface area contributed by atoms with E-state index in [9.17, 15) is 9.90 Å². The minimum Gasteiger partial charge on any atom is -0.495 e. The molecular formula is C16H14N2O3. The molecule has 0 fully saturated rings. The zero-order chi connectivity index (χ0) is 15.4. The van der Waals surface area contributed by atoms with Gasteiger partial charge in [0.05, 0.1) is 35.7 Å². The predicted octanol–water partition coefficient (Wildman–Crippen LogP) is 3.32. The molecule has 2 aromatic rings. The summed E-state index contributed by atoms with van der Waals surface area (Å²) in [5.41, 5.74) is 2.59. The summed E-state index contributed by atoms with van der Waals surface area (Å²) < 4.78 is 5.22. The maximum Gasteiger partial charge on any atom is 0.337 e. The number of aryl methyl sites for hydroxylation is 1. The van der Waals surface area contributed by atoms with Gasteiger partial charge in [0, 0.05) is 6.07 Å². The minimum absolute atomic E-state index is 0.182. The van der Waals surface area contributed by atoms with E-state index in [0.717, 1.165) is 5.56 Å². The minimum atomic E-state index is -1.01. The second kappa shape index (κ2) is 5.97. The predicted molar refractivity (Wildman–Crippen MR) is 79.1 cm³/mol. The number of aromatic carboxylic acids is 1. The van der Waals surface area contributed by atoms with Crippen LogP contribution in [0.3, 0.4) is 0 Å². The largest absolute Gasteiger partial charge is 0.495 e. The number of hydrogen-bond acceptors (Lipinski definition) is 4. The van der Waals surface area contributed by atoms with E-state index >= 15 is 0 Å². The van der Waals surface area contributed by atoms with E-state index in [1.54, 1.807) is 30.3 Å². The van der Waals surface area contributed by atoms with Crippen LogP contribution in [0.1, 0.15) is 21.5 Å². The molecule has 2 N–H and O–H groups in total. The van der Waals surface area contributed by atoms with Crippen LogP contribution in [0.15, 0.2) is 36.4 Å². The van der Waals surface area contributed by atoms with Gasteiger partial charge in [0.1, 0.15) is 5.75 Å². The zero-order valence-electron chi connectivity index (χ0n) is 11.7. The summed E-state index contributed by atoms with van der Waals surface area (Å²) >= 11 is 0. The van der Waals surface area contributed by atoms with E-state index in [-0.39, 0.29) is 5.56 Å². The summed E-state index contributed by atoms with van der Waals surface area (Å²) in [5, 5.41) is 21.2. The fourth-order valence-electron chi connectivity index (χ4n) is 1.95. The average molecular weight is 282 g/mol. The Labute approximate surface area is 122 Å². The SMILES string of the molecule is COc1cc(C#N)ccc1Nc1ccc(C)cc1C(=O)O. The van der Waals surface area contributed by atoms with Gasteiger partial charge >= 0.3 is 5.97 Å². The number of carboxylic acid groups (broad SMARTS) is 1. The van der Waals surface area contributed by atoms with Crippen molar-refractivity contribution in [3.8, 4) is 11.8 Å². The van der Waals surface area contributed by atoms with Gasteiger partial charge in [-0.15, -0.1) is 0 Å². The Kier molecular flexibility index (Phi) is 4.10. The molecule has 21 heavy (non-hydrogen) atoms. The van der Waals surface area contributed by atoms with E-state index in [0.29, 0.717) is 22.7 Å². The molecule has 0 aromatic heterocycles. The van der Waals surface area contributed by atoms with Crippen LogP contribution in [-0.4, -0.2) is 18.2 Å². The number of carbonyl (C=O) groups is 1. The zero-order valence-corrected chi connectivity index (χ0v) is 11.7. The van der Waals surface area contributed by atoms with E-state index in [1.165, 1.54) is 7.11 Å². The van der Waals surface area contributed by atoms with Gasteiger partial charge in [0.2, 0.25) is 0 Å². The Morgan fingerprint density at radius 2 is 1.95 bits per heavy atom. The third kappa shape index (κ3) is 3.12. The van der Waals surface area contributed by atoms with Crippen molar-refractivity contribution in [3.63, 3.8) is 0 Å². The van der Waals surface area contributed by atoms with Crippen LogP contribution in [0.2, 0.25) is 0 Å². The molecule has 0 bridgehead atoms. The number of rotatable bonds is 4. The van der Waals surface area contributed by atoms with Crippen LogP contribution < -0.4 is 10.1 Å². The normalized spacial score (nSPS) is 9.76. The molecule has 106 valence electrons. The molecule has 0 aliphatic rings. The third-order valence-corrected chi connectivity index (χ3v) is 3.01. The first-order chi connectivity index (χ1) is 10.0. The molecule has 0 saturated heterocycles. The fraction of sp³-hybridized carbons (Fsp3) is 0.125. The molecule has 0 atom stereocenters. The first kappa shape index (κ1) is 14.4. The Morgan fingerprint density at radius 1 is 1.24 bits per heavy atom. The number of nitrogens with zero attached hydrogens (tertiary/aromatic N) is 1. The van der Waals surface area contributed by atoms with E-state index in [1.807, 2.05) is 19.1 Å². The van der Waals surface area contributed by atoms with Crippen molar-refractivity contribution in [3.05, 3.63) is 53.1 Å². The first-order valence-corrected chi connectivity index (χ1v) is 6.24. The van der Waals surface area contributed by atoms with Crippen LogP contribution in [0.25, 0.3) is 0 Å². The van der Waals surface area contributed by atoms with Crippen LogP contribution >= 0.6 is 0 Å². The average Bonchev–Trinajstić information content (AvgIpc) is 2.49. The molecule has 2 rings (SSSR count). The number of carboxylic acids is 1. The molecule has 0 radical (unpaired) electrons. The van der Waals surface area contributed by atoms with E-state index in [4.69, 9.17) is 10.00 Å². The monoisotopic (exact) mass is 282 g/mol. The molecule has 0 aliphatic carbocycles. The molecular weight excluding hydrogens is 268 g/mol. The number of ether oxygens (including phenoxy) is 1. The molecule has 0 unspecified atom stereocenters. The Hall–Kier alpha value is -3.00. The summed E-state index contributed by atoms with van der Waals surface area (Å²) in [6, 6.07) is 12.1. The Balaban J connectivity index is 2.43. The second-order valence-electron chi connectivity index (χ2n) is 4.51. The Morgan fingerprint density at radius 3 is 2.57 bits per heavy atom. The van der Waals surface area contributed by atoms with Gasteiger partial charge in [0.15, 0.2) is 0 Å². The van der Waals surface area contributed by atoms with Crippen LogP contribution in [0.5, 0.6) is 5.75 Å². The van der Waals surface area contributed by atoms with E-state index < -0.39 is 5.97 Å². The topological polar surface area (TPSA) is 82.3 Å². The highest BCUT2D eigenvalue weighted by molar-refractivity contribution is 5.95. The molecule has 5 heteroatoms. The number of benzene rings is 2. The van der Waals surface area contributed by atoms with Gasteiger partial charge in [0.25, 0.3) is 0 Å². The number of anilines is 2. The van der Waals surface area contributed by atoms with Crippen molar-refractivity contribution in [1.82, 2.24) is 0 Å². The highest BCUT2D eigenvalue weighted by Gasteiger charge is 2.12. The lowest BCUT2D eigenvalue weighted by atomic mass is 10.1. The molecule has 2 aromatic carbocycles. The summed E-state index contributed by atoms with van der Waals surface area (Å²) in [4.78, 5) is 11.3. The standard InChI is InChI=1S/C16H14N2O3/c1-10-3-5-13(12(7-10)16(19)20)18-14-6-4-11(9-17)8-15(14)21-2/h3-8,18H,1-2H3,(H,19,20). The van der Waals surface area contributed by atoms with Gasteiger partial charge in [-0.1, -0.05) is 11.6 Å². The van der Waals surface area contributed by atoms with Crippen molar-refractivity contribution in [2.45, 2.75) is 6.92 Å². The second-order valence-corrected chi connectivity index (χ2v) is 4.51. The lowest BCUT2D eigenvalue weighted by Gasteiger charge is -2.13. The highest BCUT2D eigenvalue weighted by atomic mass is 16.5. The van der Waals surface area contributed by atoms with Gasteiger partial charge in [-0.3, -0.25) is 0 Å². The molecule has 0 aliphatic heterocycles. The van der Waals surface area contributed by atoms with Crippen molar-refractivity contribution in [1.29, 1.82) is 5.26 Å². The molecule has 5 nitrogen and oxygen atoms in total. The van der Waals surface area contributed by atoms with Crippen molar-refractivity contribution < 1.29 is 14.6 Å². The summed E-state index contributed by atoms with van der Waals surface area (Å²) in [6.45, 7) is 1.83. The van der Waals surface area contributed by atoms with Crippen LogP contribution in [0.4, 0.5) is 11.4 Å². The van der Waals surface area contributed by atoms with Crippen molar-refractivity contribution in [2.75, 3.05) is 12.4 Å². The summed E-state index contributed by atoms with van der Waals surface area (Å²) in [6.07, 6.45) is 0. The number of nitrogens with one attached hydrogen (secondary N) is 1. The van der Waals surface area contributed by atoms with Crippen LogP contribution in [0, 0.1) is 18.3 Å². The van der Waals surface area contributed by atoms with Crippen LogP contribution in [-0.2, 0) is 0 Å². The quantitative estimate of drug-likeness (QED) is 0.898. The van der Waals surface area contributed by atoms with E-state index in [2.05, 4.69) is 5.32 Å². The lowest BCUT2D eigenvalue weighted by molar-refractivity contribution is 0.0698. The Bertz CT molecular complexity index is 733. The first-order valence-electron chi connectivity index (χ1n) is 6.24. The number of methoxy groups -OCH3 is 1. The highest BCUT2D eigenvalue weighted by Crippen LogP contribution is 2.30. The summed E-state index contributed by atoms with van der Waals surface area (Å²) in [5.74, 6) is -0.528. The number of nitriles is 1. The lowest BCUT2D eigenvalue weighted by Crippen LogP contribution is -2.04. The van der Waals surface area contributed by atoms with Gasteiger partial charge in [-0.25, -0.2) is 4.79 Å². The fourth-order valence-corrected chi connectivity index (χ4v) is 1.95. The van der Waals surface area contributed by atoms with Crippen molar-refractivity contribution >= 4 is 17.3 Å². The maximum atomic E-state index is 11.3. The smallest absolute Gasteiger partial charge is 0.337 e. The van der Waals surface area contributed by atoms with Crippen molar-refractivity contribution in [2.24, 2.45) is 0 Å². The molecule has 0 heterocycles. The third-order valence-electron chi connectivity index (χ3n) is 3.01. The molecule has 0 saturated carbocycles. The van der Waals surface area contributed by atoms with Gasteiger partial charge in [-0.2, -0.15) is 5.26 Å². The van der Waals surface area contributed by atoms with Gasteiger partial charge < -0.3 is 15.2 Å².